The molecular formula is C33H27F4N3O4. The van der Waals surface area contributed by atoms with Gasteiger partial charge in [-0.2, -0.15) is 0 Å². The molecule has 0 unspecified atom stereocenters. The first-order valence-corrected chi connectivity index (χ1v) is 13.8. The molecule has 1 N–H and O–H groups in total. The van der Waals surface area contributed by atoms with Gasteiger partial charge in [-0.1, -0.05) is 19.9 Å². The Balaban J connectivity index is 1.31. The molecule has 1 aliphatic rings. The lowest BCUT2D eigenvalue weighted by molar-refractivity contribution is 0.0697. The summed E-state index contributed by atoms with van der Waals surface area (Å²) < 4.78 is 71.5. The van der Waals surface area contributed by atoms with Crippen molar-refractivity contribution < 1.29 is 36.9 Å². The van der Waals surface area contributed by atoms with E-state index >= 15 is 8.78 Å². The zero-order chi connectivity index (χ0) is 31.2. The molecule has 0 aliphatic carbocycles. The highest BCUT2D eigenvalue weighted by Gasteiger charge is 2.39. The number of benzene rings is 3. The fourth-order valence-electron chi connectivity index (χ4n) is 5.45. The van der Waals surface area contributed by atoms with Crippen LogP contribution in [0, 0.1) is 28.7 Å². The summed E-state index contributed by atoms with van der Waals surface area (Å²) in [6.45, 7) is 4.64. The lowest BCUT2D eigenvalue weighted by Gasteiger charge is -2.28. The van der Waals surface area contributed by atoms with Crippen LogP contribution in [-0.4, -0.2) is 38.8 Å². The number of aromatic nitrogens is 3. The fourth-order valence-corrected chi connectivity index (χ4v) is 5.45. The maximum absolute atomic E-state index is 15.6. The van der Waals surface area contributed by atoms with Gasteiger partial charge in [-0.05, 0) is 54.1 Å². The molecule has 226 valence electrons. The summed E-state index contributed by atoms with van der Waals surface area (Å²) in [6.07, 6.45) is -0.0630. The van der Waals surface area contributed by atoms with Crippen LogP contribution in [0.1, 0.15) is 47.2 Å². The topological polar surface area (TPSA) is 86.5 Å². The van der Waals surface area contributed by atoms with E-state index < -0.39 is 29.2 Å². The number of imidazole rings is 1. The molecule has 1 aliphatic heterocycles. The Morgan fingerprint density at radius 1 is 0.977 bits per heavy atom. The number of carboxylic acids is 1. The van der Waals surface area contributed by atoms with Crippen LogP contribution in [0.15, 0.2) is 66.7 Å². The van der Waals surface area contributed by atoms with E-state index in [4.69, 9.17) is 9.47 Å². The van der Waals surface area contributed by atoms with Crippen molar-refractivity contribution in [3.8, 4) is 17.1 Å². The lowest BCUT2D eigenvalue weighted by Crippen LogP contribution is -2.27. The number of ether oxygens (including phenoxy) is 2. The zero-order valence-corrected chi connectivity index (χ0v) is 23.8. The normalized spacial score (nSPS) is 16.0. The predicted molar refractivity (Wildman–Crippen MR) is 153 cm³/mol. The minimum absolute atomic E-state index is 0.0472. The van der Waals surface area contributed by atoms with E-state index in [0.29, 0.717) is 30.1 Å². The van der Waals surface area contributed by atoms with Crippen LogP contribution in [0.5, 0.6) is 5.88 Å². The second-order valence-electron chi connectivity index (χ2n) is 11.4. The van der Waals surface area contributed by atoms with Crippen molar-refractivity contribution in [2.24, 2.45) is 5.41 Å². The molecule has 7 nitrogen and oxygen atoms in total. The summed E-state index contributed by atoms with van der Waals surface area (Å²) in [4.78, 5) is 20.6. The first-order valence-electron chi connectivity index (χ1n) is 13.8. The van der Waals surface area contributed by atoms with Crippen molar-refractivity contribution >= 4 is 17.0 Å². The summed E-state index contributed by atoms with van der Waals surface area (Å²) in [5, 5.41) is 9.57. The molecule has 0 spiro atoms. The minimum atomic E-state index is -1.09. The van der Waals surface area contributed by atoms with E-state index in [1.807, 2.05) is 18.4 Å². The van der Waals surface area contributed by atoms with Crippen LogP contribution in [-0.2, 0) is 17.8 Å². The lowest BCUT2D eigenvalue weighted by atomic mass is 9.87. The Morgan fingerprint density at radius 3 is 2.50 bits per heavy atom. The third-order valence-electron chi connectivity index (χ3n) is 7.85. The summed E-state index contributed by atoms with van der Waals surface area (Å²) in [7, 11) is 0. The zero-order valence-electron chi connectivity index (χ0n) is 23.8. The molecular weight excluding hydrogens is 578 g/mol. The number of hydrogen-bond acceptors (Lipinski definition) is 5. The van der Waals surface area contributed by atoms with Crippen LogP contribution in [0.2, 0.25) is 0 Å². The molecule has 44 heavy (non-hydrogen) atoms. The van der Waals surface area contributed by atoms with Crippen molar-refractivity contribution in [1.82, 2.24) is 14.5 Å². The standard InChI is InChI=1S/C33H27F4N3O4/c1-33(2)17-43-16-29(33)40-28-11-18(32(41)42)7-9-27(28)38-30(40)12-20-10-25(37)22(14-24(20)36)26-4-3-5-31(39-26)44-15-19-6-8-21(34)13-23(19)35/h3-11,13-14,29H,12,15-17H2,1-2H3,(H,41,42)/t29-/m1/s1. The number of rotatable bonds is 8. The Labute approximate surface area is 249 Å². The maximum Gasteiger partial charge on any atom is 0.335 e. The number of halogens is 4. The van der Waals surface area contributed by atoms with Gasteiger partial charge in [0.2, 0.25) is 5.88 Å². The molecule has 0 amide bonds. The second kappa shape index (κ2) is 11.4. The van der Waals surface area contributed by atoms with Crippen LogP contribution in [0.25, 0.3) is 22.3 Å². The van der Waals surface area contributed by atoms with Gasteiger partial charge < -0.3 is 19.1 Å². The van der Waals surface area contributed by atoms with E-state index in [-0.39, 0.29) is 58.3 Å². The molecule has 0 saturated carbocycles. The number of nitrogens with zero attached hydrogens (tertiary/aromatic N) is 3. The van der Waals surface area contributed by atoms with Crippen molar-refractivity contribution in [2.75, 3.05) is 13.2 Å². The number of carbonyl (C=O) groups is 1. The van der Waals surface area contributed by atoms with Crippen molar-refractivity contribution in [2.45, 2.75) is 32.9 Å². The summed E-state index contributed by atoms with van der Waals surface area (Å²) in [5.74, 6) is -3.49. The smallest absolute Gasteiger partial charge is 0.335 e. The van der Waals surface area contributed by atoms with E-state index in [9.17, 15) is 18.7 Å². The molecule has 1 saturated heterocycles. The highest BCUT2D eigenvalue weighted by molar-refractivity contribution is 5.92. The Kier molecular flexibility index (Phi) is 7.58. The minimum Gasteiger partial charge on any atom is -0.478 e. The molecule has 2 aromatic heterocycles. The van der Waals surface area contributed by atoms with E-state index in [1.165, 1.54) is 30.3 Å². The van der Waals surface area contributed by atoms with E-state index in [1.54, 1.807) is 12.1 Å². The quantitative estimate of drug-likeness (QED) is 0.190. The summed E-state index contributed by atoms with van der Waals surface area (Å²) in [5.41, 5.74) is 1.03. The SMILES string of the molecule is CC1(C)COC[C@H]1n1c(Cc2cc(F)c(-c3cccc(OCc4ccc(F)cc4F)n3)cc2F)nc2ccc(C(=O)O)cc21. The molecule has 1 fully saturated rings. The van der Waals surface area contributed by atoms with Crippen LogP contribution < -0.4 is 4.74 Å². The van der Waals surface area contributed by atoms with Gasteiger partial charge in [0.25, 0.3) is 0 Å². The second-order valence-corrected chi connectivity index (χ2v) is 11.4. The Morgan fingerprint density at radius 2 is 1.77 bits per heavy atom. The van der Waals surface area contributed by atoms with Gasteiger partial charge in [0, 0.05) is 35.1 Å². The number of hydrogen-bond donors (Lipinski definition) is 1. The monoisotopic (exact) mass is 605 g/mol. The van der Waals surface area contributed by atoms with Gasteiger partial charge in [-0.25, -0.2) is 32.3 Å². The van der Waals surface area contributed by atoms with Gasteiger partial charge in [0.05, 0.1) is 41.5 Å². The third-order valence-corrected chi connectivity index (χ3v) is 7.85. The number of carboxylic acid groups (broad SMARTS) is 1. The van der Waals surface area contributed by atoms with Crippen LogP contribution in [0.3, 0.4) is 0 Å². The molecule has 0 radical (unpaired) electrons. The first-order chi connectivity index (χ1) is 21.0. The molecule has 11 heteroatoms. The summed E-state index contributed by atoms with van der Waals surface area (Å²) in [6, 6.07) is 14.2. The molecule has 3 heterocycles. The maximum atomic E-state index is 15.6. The molecule has 1 atom stereocenters. The molecule has 3 aromatic carbocycles. The Bertz CT molecular complexity index is 1910. The first kappa shape index (κ1) is 29.3. The third kappa shape index (κ3) is 5.62. The van der Waals surface area contributed by atoms with Crippen LogP contribution in [0.4, 0.5) is 17.6 Å². The van der Waals surface area contributed by atoms with E-state index in [2.05, 4.69) is 9.97 Å². The van der Waals surface area contributed by atoms with Gasteiger partial charge in [0.1, 0.15) is 35.7 Å². The Hall–Kier alpha value is -4.77. The van der Waals surface area contributed by atoms with Gasteiger partial charge >= 0.3 is 5.97 Å². The average Bonchev–Trinajstić information content (AvgIpc) is 3.51. The van der Waals surface area contributed by atoms with Gasteiger partial charge in [-0.3, -0.25) is 0 Å². The largest absolute Gasteiger partial charge is 0.478 e. The average molecular weight is 606 g/mol. The number of aromatic carboxylic acids is 1. The number of pyridine rings is 1. The predicted octanol–water partition coefficient (Wildman–Crippen LogP) is 7.12. The van der Waals surface area contributed by atoms with Crippen molar-refractivity contribution in [1.29, 1.82) is 0 Å². The van der Waals surface area contributed by atoms with Gasteiger partial charge in [0.15, 0.2) is 0 Å². The fraction of sp³-hybridized carbons (Fsp3) is 0.242. The van der Waals surface area contributed by atoms with E-state index in [0.717, 1.165) is 24.3 Å². The van der Waals surface area contributed by atoms with Gasteiger partial charge in [-0.15, -0.1) is 0 Å². The number of fused-ring (bicyclic) bond motifs is 1. The highest BCUT2D eigenvalue weighted by atomic mass is 19.1. The van der Waals surface area contributed by atoms with Crippen molar-refractivity contribution in [3.63, 3.8) is 0 Å². The molecule has 5 aromatic rings. The van der Waals surface area contributed by atoms with Crippen molar-refractivity contribution in [3.05, 3.63) is 113 Å². The highest BCUT2D eigenvalue weighted by Crippen LogP contribution is 2.40. The summed E-state index contributed by atoms with van der Waals surface area (Å²) >= 11 is 0. The molecule has 0 bridgehead atoms. The molecule has 6 rings (SSSR count). The van der Waals surface area contributed by atoms with Crippen LogP contribution >= 0.6 is 0 Å².